The van der Waals surface area contributed by atoms with Gasteiger partial charge in [-0.05, 0) is 32.0 Å². The summed E-state index contributed by atoms with van der Waals surface area (Å²) in [6, 6.07) is 10.4. The van der Waals surface area contributed by atoms with Gasteiger partial charge >= 0.3 is 0 Å². The molecular weight excluding hydrogens is 314 g/mol. The van der Waals surface area contributed by atoms with Crippen LogP contribution in [0.15, 0.2) is 36.7 Å². The van der Waals surface area contributed by atoms with Crippen molar-refractivity contribution < 1.29 is 4.74 Å². The molecule has 3 rings (SSSR count). The van der Waals surface area contributed by atoms with Crippen LogP contribution in [0.3, 0.4) is 0 Å². The Bertz CT molecular complexity index is 737. The van der Waals surface area contributed by atoms with Crippen molar-refractivity contribution in [3.05, 3.63) is 47.9 Å². The molecule has 1 N–H and O–H groups in total. The lowest BCUT2D eigenvalue weighted by Crippen LogP contribution is -2.37. The third-order valence-electron chi connectivity index (χ3n) is 4.60. The molecule has 1 aromatic carbocycles. The molecule has 1 aliphatic heterocycles. The van der Waals surface area contributed by atoms with Gasteiger partial charge in [-0.25, -0.2) is 9.97 Å². The number of ether oxygens (including phenoxy) is 1. The van der Waals surface area contributed by atoms with Crippen molar-refractivity contribution in [3.63, 3.8) is 0 Å². The van der Waals surface area contributed by atoms with Gasteiger partial charge in [0.1, 0.15) is 11.8 Å². The third kappa shape index (κ3) is 4.06. The van der Waals surface area contributed by atoms with Crippen LogP contribution in [0, 0.1) is 11.3 Å². The summed E-state index contributed by atoms with van der Waals surface area (Å²) < 4.78 is 5.58. The first kappa shape index (κ1) is 17.2. The number of nitrogens with zero attached hydrogens (tertiary/aromatic N) is 4. The fraction of sp³-hybridized carbons (Fsp3) is 0.421. The molecule has 0 radical (unpaired) electrons. The van der Waals surface area contributed by atoms with Crippen LogP contribution in [0.5, 0.6) is 5.75 Å². The minimum atomic E-state index is 0.157. The van der Waals surface area contributed by atoms with Crippen LogP contribution < -0.4 is 10.1 Å². The zero-order valence-corrected chi connectivity index (χ0v) is 14.5. The Labute approximate surface area is 148 Å². The Hall–Kier alpha value is -2.65. The molecule has 0 amide bonds. The summed E-state index contributed by atoms with van der Waals surface area (Å²) in [6.45, 7) is 2.78. The smallest absolute Gasteiger partial charge is 0.182 e. The molecule has 0 spiro atoms. The topological polar surface area (TPSA) is 74.1 Å². The maximum atomic E-state index is 9.21. The van der Waals surface area contributed by atoms with Gasteiger partial charge in [0.25, 0.3) is 0 Å². The molecule has 2 heterocycles. The maximum Gasteiger partial charge on any atom is 0.182 e. The molecule has 1 saturated heterocycles. The number of likely N-dealkylation sites (tertiary alicyclic amines) is 1. The largest absolute Gasteiger partial charge is 0.496 e. The van der Waals surface area contributed by atoms with Crippen molar-refractivity contribution >= 4 is 5.82 Å². The second-order valence-corrected chi connectivity index (χ2v) is 6.10. The normalized spacial score (nSPS) is 16.0. The number of hydrogen-bond donors (Lipinski definition) is 1. The van der Waals surface area contributed by atoms with Gasteiger partial charge in [0.2, 0.25) is 0 Å². The molecule has 0 saturated carbocycles. The number of methoxy groups -OCH3 is 1. The van der Waals surface area contributed by atoms with Crippen LogP contribution >= 0.6 is 0 Å². The second-order valence-electron chi connectivity index (χ2n) is 6.10. The number of rotatable bonds is 6. The predicted octanol–water partition coefficient (Wildman–Crippen LogP) is 3.00. The van der Waals surface area contributed by atoms with E-state index in [1.165, 1.54) is 25.5 Å². The molecule has 25 heavy (non-hydrogen) atoms. The first-order chi connectivity index (χ1) is 12.3. The molecule has 1 atom stereocenters. The zero-order valence-electron chi connectivity index (χ0n) is 14.5. The molecule has 0 bridgehead atoms. The summed E-state index contributed by atoms with van der Waals surface area (Å²) in [4.78, 5) is 10.8. The van der Waals surface area contributed by atoms with E-state index in [1.54, 1.807) is 13.3 Å². The Morgan fingerprint density at radius 2 is 1.96 bits per heavy atom. The van der Waals surface area contributed by atoms with Crippen LogP contribution in [-0.2, 0) is 0 Å². The highest BCUT2D eigenvalue weighted by molar-refractivity contribution is 5.47. The Morgan fingerprint density at radius 3 is 2.72 bits per heavy atom. The monoisotopic (exact) mass is 337 g/mol. The number of aromatic nitrogens is 2. The number of benzene rings is 1. The van der Waals surface area contributed by atoms with Gasteiger partial charge in [-0.3, -0.25) is 4.90 Å². The number of piperidine rings is 1. The van der Waals surface area contributed by atoms with Crippen LogP contribution in [0.4, 0.5) is 5.82 Å². The van der Waals surface area contributed by atoms with E-state index in [2.05, 4.69) is 32.3 Å². The predicted molar refractivity (Wildman–Crippen MR) is 96.4 cm³/mol. The van der Waals surface area contributed by atoms with E-state index in [9.17, 15) is 5.26 Å². The minimum absolute atomic E-state index is 0.157. The summed E-state index contributed by atoms with van der Waals surface area (Å²) in [7, 11) is 1.70. The van der Waals surface area contributed by atoms with Crippen LogP contribution in [-0.4, -0.2) is 41.6 Å². The van der Waals surface area contributed by atoms with Crippen molar-refractivity contribution in [3.8, 4) is 11.8 Å². The van der Waals surface area contributed by atoms with Gasteiger partial charge in [0, 0.05) is 24.5 Å². The van der Waals surface area contributed by atoms with Crippen LogP contribution in [0.1, 0.15) is 36.6 Å². The fourth-order valence-corrected chi connectivity index (χ4v) is 3.35. The van der Waals surface area contributed by atoms with Gasteiger partial charge in [-0.1, -0.05) is 24.6 Å². The van der Waals surface area contributed by atoms with Crippen molar-refractivity contribution in [1.29, 1.82) is 5.26 Å². The third-order valence-corrected chi connectivity index (χ3v) is 4.60. The van der Waals surface area contributed by atoms with Gasteiger partial charge in [0.15, 0.2) is 11.5 Å². The van der Waals surface area contributed by atoms with E-state index in [0.717, 1.165) is 24.4 Å². The number of hydrogen-bond acceptors (Lipinski definition) is 6. The summed E-state index contributed by atoms with van der Waals surface area (Å²) in [5.74, 6) is 1.42. The van der Waals surface area contributed by atoms with Gasteiger partial charge in [-0.2, -0.15) is 5.26 Å². The summed E-state index contributed by atoms with van der Waals surface area (Å²) >= 11 is 0. The number of nitriles is 1. The number of anilines is 1. The van der Waals surface area contributed by atoms with E-state index < -0.39 is 0 Å². The van der Waals surface area contributed by atoms with Crippen molar-refractivity contribution in [1.82, 2.24) is 14.9 Å². The summed E-state index contributed by atoms with van der Waals surface area (Å²) in [5, 5.41) is 12.5. The molecule has 1 aromatic heterocycles. The number of nitrogens with one attached hydrogen (secondary N) is 1. The minimum Gasteiger partial charge on any atom is -0.496 e. The van der Waals surface area contributed by atoms with E-state index in [-0.39, 0.29) is 6.04 Å². The molecule has 6 nitrogen and oxygen atoms in total. The van der Waals surface area contributed by atoms with Crippen molar-refractivity contribution in [2.24, 2.45) is 0 Å². The first-order valence-corrected chi connectivity index (χ1v) is 8.65. The van der Waals surface area contributed by atoms with E-state index >= 15 is 0 Å². The quantitative estimate of drug-likeness (QED) is 0.873. The second kappa shape index (κ2) is 8.45. The summed E-state index contributed by atoms with van der Waals surface area (Å²) in [6.07, 6.45) is 6.83. The van der Waals surface area contributed by atoms with Crippen LogP contribution in [0.25, 0.3) is 0 Å². The Balaban J connectivity index is 1.85. The lowest BCUT2D eigenvalue weighted by molar-refractivity contribution is 0.167. The molecule has 0 aliphatic carbocycles. The Kier molecular flexibility index (Phi) is 5.81. The molecule has 1 unspecified atom stereocenters. The molecule has 1 fully saturated rings. The van der Waals surface area contributed by atoms with E-state index in [1.807, 2.05) is 18.2 Å². The average Bonchev–Trinajstić information content (AvgIpc) is 2.69. The average molecular weight is 337 g/mol. The lowest BCUT2D eigenvalue weighted by atomic mass is 10.0. The van der Waals surface area contributed by atoms with Gasteiger partial charge in [-0.15, -0.1) is 0 Å². The van der Waals surface area contributed by atoms with E-state index in [0.29, 0.717) is 18.1 Å². The van der Waals surface area contributed by atoms with Gasteiger partial charge in [0.05, 0.1) is 13.2 Å². The highest BCUT2D eigenvalue weighted by Crippen LogP contribution is 2.31. The lowest BCUT2D eigenvalue weighted by Gasteiger charge is -2.35. The van der Waals surface area contributed by atoms with Crippen molar-refractivity contribution in [2.75, 3.05) is 32.1 Å². The van der Waals surface area contributed by atoms with Gasteiger partial charge < -0.3 is 10.1 Å². The molecular formula is C19H23N5O. The Morgan fingerprint density at radius 1 is 1.20 bits per heavy atom. The molecule has 2 aromatic rings. The summed E-state index contributed by atoms with van der Waals surface area (Å²) in [5.41, 5.74) is 1.47. The molecule has 1 aliphatic rings. The zero-order chi connectivity index (χ0) is 17.5. The molecule has 130 valence electrons. The standard InChI is InChI=1S/C19H23N5O/c1-25-18-8-4-3-7-15(18)17(24-11-5-2-6-12-24)14-23-19-16(13-20)21-9-10-22-19/h3-4,7-10,17H,2,5-6,11-12,14H2,1H3,(H,22,23). The highest BCUT2D eigenvalue weighted by Gasteiger charge is 2.25. The fourth-order valence-electron chi connectivity index (χ4n) is 3.35. The highest BCUT2D eigenvalue weighted by atomic mass is 16.5. The number of para-hydroxylation sites is 1. The van der Waals surface area contributed by atoms with E-state index in [4.69, 9.17) is 4.74 Å². The molecule has 6 heteroatoms. The SMILES string of the molecule is COc1ccccc1C(CNc1nccnc1C#N)N1CCCCC1. The first-order valence-electron chi connectivity index (χ1n) is 8.65. The van der Waals surface area contributed by atoms with Crippen LogP contribution in [0.2, 0.25) is 0 Å². The van der Waals surface area contributed by atoms with Crippen molar-refractivity contribution in [2.45, 2.75) is 25.3 Å². The maximum absolute atomic E-state index is 9.21.